The quantitative estimate of drug-likeness (QED) is 0.831. The molecule has 0 spiro atoms. The highest BCUT2D eigenvalue weighted by Gasteiger charge is 2.20. The second-order valence-electron chi connectivity index (χ2n) is 6.39. The van der Waals surface area contributed by atoms with Gasteiger partial charge in [-0.25, -0.2) is 0 Å². The van der Waals surface area contributed by atoms with Crippen LogP contribution < -0.4 is 5.32 Å². The molecule has 6 heteroatoms. The maximum absolute atomic E-state index is 12.6. The SMILES string of the molecule is CCCn1nc(C)c(C(=O)N[C@H](C)CCN2CCOCC2)c1C. The van der Waals surface area contributed by atoms with E-state index in [1.807, 2.05) is 18.5 Å². The number of ether oxygens (including phenoxy) is 1. The number of nitrogens with one attached hydrogen (secondary N) is 1. The van der Waals surface area contributed by atoms with Crippen molar-refractivity contribution in [2.24, 2.45) is 0 Å². The molecule has 0 bridgehead atoms. The van der Waals surface area contributed by atoms with Gasteiger partial charge in [0.05, 0.1) is 24.5 Å². The van der Waals surface area contributed by atoms with Crippen molar-refractivity contribution in [2.45, 2.75) is 53.1 Å². The lowest BCUT2D eigenvalue weighted by Crippen LogP contribution is -2.40. The molecule has 1 N–H and O–H groups in total. The first-order valence-electron chi connectivity index (χ1n) is 8.67. The van der Waals surface area contributed by atoms with Crippen molar-refractivity contribution in [1.29, 1.82) is 0 Å². The number of carbonyl (C=O) groups excluding carboxylic acids is 1. The van der Waals surface area contributed by atoms with Crippen molar-refractivity contribution in [3.8, 4) is 0 Å². The van der Waals surface area contributed by atoms with Crippen molar-refractivity contribution in [3.05, 3.63) is 17.0 Å². The summed E-state index contributed by atoms with van der Waals surface area (Å²) in [6, 6.07) is 0.152. The van der Waals surface area contributed by atoms with Crippen molar-refractivity contribution >= 4 is 5.91 Å². The van der Waals surface area contributed by atoms with Gasteiger partial charge < -0.3 is 10.1 Å². The fourth-order valence-corrected chi connectivity index (χ4v) is 3.02. The highest BCUT2D eigenvalue weighted by molar-refractivity contribution is 5.96. The Morgan fingerprint density at radius 1 is 1.30 bits per heavy atom. The fourth-order valence-electron chi connectivity index (χ4n) is 3.02. The minimum atomic E-state index is -0.00293. The van der Waals surface area contributed by atoms with E-state index in [-0.39, 0.29) is 11.9 Å². The molecule has 130 valence electrons. The second-order valence-corrected chi connectivity index (χ2v) is 6.39. The summed E-state index contributed by atoms with van der Waals surface area (Å²) in [5.41, 5.74) is 2.51. The number of amides is 1. The van der Waals surface area contributed by atoms with Crippen molar-refractivity contribution in [1.82, 2.24) is 20.0 Å². The number of nitrogens with zero attached hydrogens (tertiary/aromatic N) is 3. The van der Waals surface area contributed by atoms with Crippen molar-refractivity contribution in [2.75, 3.05) is 32.8 Å². The zero-order valence-corrected chi connectivity index (χ0v) is 14.9. The maximum Gasteiger partial charge on any atom is 0.255 e. The largest absolute Gasteiger partial charge is 0.379 e. The monoisotopic (exact) mass is 322 g/mol. The Kier molecular flexibility index (Phi) is 6.59. The van der Waals surface area contributed by atoms with Gasteiger partial charge in [-0.3, -0.25) is 14.4 Å². The van der Waals surface area contributed by atoms with E-state index < -0.39 is 0 Å². The lowest BCUT2D eigenvalue weighted by Gasteiger charge is -2.27. The standard InChI is InChI=1S/C17H30N4O2/c1-5-7-21-15(4)16(14(3)19-21)17(22)18-13(2)6-8-20-9-11-23-12-10-20/h13H,5-12H2,1-4H3,(H,18,22)/t13-/m1/s1. The van der Waals surface area contributed by atoms with E-state index >= 15 is 0 Å². The predicted octanol–water partition coefficient (Wildman–Crippen LogP) is 1.75. The summed E-state index contributed by atoms with van der Waals surface area (Å²) in [5.74, 6) is -0.00293. The first-order valence-corrected chi connectivity index (χ1v) is 8.67. The molecule has 1 saturated heterocycles. The smallest absolute Gasteiger partial charge is 0.255 e. The molecular weight excluding hydrogens is 292 g/mol. The van der Waals surface area contributed by atoms with Gasteiger partial charge in [-0.05, 0) is 33.6 Å². The summed E-state index contributed by atoms with van der Waals surface area (Å²) in [5, 5.41) is 7.60. The zero-order valence-electron chi connectivity index (χ0n) is 14.9. The molecule has 23 heavy (non-hydrogen) atoms. The fraction of sp³-hybridized carbons (Fsp3) is 0.765. The van der Waals surface area contributed by atoms with E-state index in [1.165, 1.54) is 0 Å². The second kappa shape index (κ2) is 8.45. The van der Waals surface area contributed by atoms with Gasteiger partial charge in [-0.1, -0.05) is 6.92 Å². The van der Waals surface area contributed by atoms with E-state index in [0.717, 1.165) is 69.2 Å². The topological polar surface area (TPSA) is 59.4 Å². The Morgan fingerprint density at radius 2 is 2.00 bits per heavy atom. The third-order valence-electron chi connectivity index (χ3n) is 4.40. The van der Waals surface area contributed by atoms with Crippen LogP contribution in [0.3, 0.4) is 0 Å². The molecular formula is C17H30N4O2. The third-order valence-corrected chi connectivity index (χ3v) is 4.40. The van der Waals surface area contributed by atoms with Crippen LogP contribution in [0.15, 0.2) is 0 Å². The van der Waals surface area contributed by atoms with E-state index in [2.05, 4.69) is 29.2 Å². The molecule has 0 saturated carbocycles. The third kappa shape index (κ3) is 4.78. The Hall–Kier alpha value is -1.40. The molecule has 2 heterocycles. The van der Waals surface area contributed by atoms with Gasteiger partial charge in [0, 0.05) is 37.9 Å². The number of hydrogen-bond donors (Lipinski definition) is 1. The summed E-state index contributed by atoms with van der Waals surface area (Å²) < 4.78 is 7.29. The molecule has 0 radical (unpaired) electrons. The number of hydrogen-bond acceptors (Lipinski definition) is 4. The number of aromatic nitrogens is 2. The van der Waals surface area contributed by atoms with E-state index in [9.17, 15) is 4.79 Å². The van der Waals surface area contributed by atoms with Gasteiger partial charge in [-0.2, -0.15) is 5.10 Å². The van der Waals surface area contributed by atoms with Gasteiger partial charge in [0.25, 0.3) is 5.91 Å². The molecule has 1 amide bonds. The number of morpholine rings is 1. The summed E-state index contributed by atoms with van der Waals surface area (Å²) >= 11 is 0. The molecule has 0 aromatic carbocycles. The van der Waals surface area contributed by atoms with Gasteiger partial charge >= 0.3 is 0 Å². The average molecular weight is 322 g/mol. The Bertz CT molecular complexity index is 521. The van der Waals surface area contributed by atoms with Crippen LogP contribution in [0.1, 0.15) is 48.4 Å². The molecule has 6 nitrogen and oxygen atoms in total. The number of rotatable bonds is 7. The summed E-state index contributed by atoms with van der Waals surface area (Å²) in [6.45, 7) is 13.5. The van der Waals surface area contributed by atoms with Crippen LogP contribution in [0, 0.1) is 13.8 Å². The lowest BCUT2D eigenvalue weighted by atomic mass is 10.1. The molecule has 1 atom stereocenters. The van der Waals surface area contributed by atoms with E-state index in [4.69, 9.17) is 4.74 Å². The Morgan fingerprint density at radius 3 is 2.65 bits per heavy atom. The predicted molar refractivity (Wildman–Crippen MR) is 90.8 cm³/mol. The van der Waals surface area contributed by atoms with Gasteiger partial charge in [-0.15, -0.1) is 0 Å². The average Bonchev–Trinajstić information content (AvgIpc) is 2.81. The minimum absolute atomic E-state index is 0.00293. The summed E-state index contributed by atoms with van der Waals surface area (Å²) in [4.78, 5) is 15.0. The molecule has 1 fully saturated rings. The molecule has 1 aliphatic rings. The Balaban J connectivity index is 1.88. The van der Waals surface area contributed by atoms with Crippen LogP contribution in [-0.4, -0.2) is 59.5 Å². The minimum Gasteiger partial charge on any atom is -0.379 e. The maximum atomic E-state index is 12.6. The van der Waals surface area contributed by atoms with Crippen LogP contribution >= 0.6 is 0 Å². The van der Waals surface area contributed by atoms with Crippen LogP contribution in [0.4, 0.5) is 0 Å². The summed E-state index contributed by atoms with van der Waals surface area (Å²) in [7, 11) is 0. The first kappa shape index (κ1) is 17.9. The molecule has 2 rings (SSSR count). The van der Waals surface area contributed by atoms with Crippen LogP contribution in [0.2, 0.25) is 0 Å². The molecule has 1 aromatic heterocycles. The van der Waals surface area contributed by atoms with Gasteiger partial charge in [0.1, 0.15) is 0 Å². The number of carbonyl (C=O) groups is 1. The highest BCUT2D eigenvalue weighted by atomic mass is 16.5. The molecule has 0 aliphatic carbocycles. The molecule has 0 unspecified atom stereocenters. The van der Waals surface area contributed by atoms with Crippen LogP contribution in [0.25, 0.3) is 0 Å². The van der Waals surface area contributed by atoms with Gasteiger partial charge in [0.2, 0.25) is 0 Å². The number of aryl methyl sites for hydroxylation is 2. The first-order chi connectivity index (χ1) is 11.0. The highest BCUT2D eigenvalue weighted by Crippen LogP contribution is 2.14. The lowest BCUT2D eigenvalue weighted by molar-refractivity contribution is 0.0363. The van der Waals surface area contributed by atoms with Gasteiger partial charge in [0.15, 0.2) is 0 Å². The zero-order chi connectivity index (χ0) is 16.8. The van der Waals surface area contributed by atoms with Crippen molar-refractivity contribution < 1.29 is 9.53 Å². The van der Waals surface area contributed by atoms with E-state index in [0.29, 0.717) is 0 Å². The summed E-state index contributed by atoms with van der Waals surface area (Å²) in [6.07, 6.45) is 1.96. The Labute approximate surface area is 139 Å². The van der Waals surface area contributed by atoms with E-state index in [1.54, 1.807) is 0 Å². The van der Waals surface area contributed by atoms with Crippen LogP contribution in [-0.2, 0) is 11.3 Å². The molecule has 1 aliphatic heterocycles. The van der Waals surface area contributed by atoms with Crippen LogP contribution in [0.5, 0.6) is 0 Å². The molecule has 1 aromatic rings. The normalized spacial score (nSPS) is 17.2. The van der Waals surface area contributed by atoms with Crippen molar-refractivity contribution in [3.63, 3.8) is 0 Å².